The summed E-state index contributed by atoms with van der Waals surface area (Å²) in [6, 6.07) is 0. The average molecular weight is 257 g/mol. The third kappa shape index (κ3) is 15.9. The lowest BCUT2D eigenvalue weighted by atomic mass is 10.1. The van der Waals surface area contributed by atoms with E-state index in [4.69, 9.17) is 4.74 Å². The van der Waals surface area contributed by atoms with Crippen LogP contribution in [0.25, 0.3) is 0 Å². The SMILES string of the molecule is CCCCCCOCCCCCCCCCC[O]. The number of ether oxygens (including phenoxy) is 1. The van der Waals surface area contributed by atoms with E-state index in [1.807, 2.05) is 0 Å². The Kier molecular flexibility index (Phi) is 16.8. The van der Waals surface area contributed by atoms with E-state index in [1.54, 1.807) is 0 Å². The van der Waals surface area contributed by atoms with E-state index in [-0.39, 0.29) is 6.61 Å². The summed E-state index contributed by atoms with van der Waals surface area (Å²) in [5, 5.41) is 10.2. The van der Waals surface area contributed by atoms with Crippen molar-refractivity contribution in [3.63, 3.8) is 0 Å². The first-order valence-electron chi connectivity index (χ1n) is 8.07. The predicted molar refractivity (Wildman–Crippen MR) is 77.5 cm³/mol. The van der Waals surface area contributed by atoms with Crippen molar-refractivity contribution in [2.24, 2.45) is 0 Å². The highest BCUT2D eigenvalue weighted by Crippen LogP contribution is 2.08. The van der Waals surface area contributed by atoms with E-state index < -0.39 is 0 Å². The van der Waals surface area contributed by atoms with Crippen molar-refractivity contribution in [3.05, 3.63) is 0 Å². The van der Waals surface area contributed by atoms with Crippen molar-refractivity contribution < 1.29 is 9.84 Å². The van der Waals surface area contributed by atoms with Crippen molar-refractivity contribution in [1.82, 2.24) is 0 Å². The highest BCUT2D eigenvalue weighted by Gasteiger charge is 1.93. The van der Waals surface area contributed by atoms with Crippen LogP contribution in [0.5, 0.6) is 0 Å². The largest absolute Gasteiger partial charge is 0.381 e. The van der Waals surface area contributed by atoms with Gasteiger partial charge in [0.05, 0.1) is 6.61 Å². The third-order valence-electron chi connectivity index (χ3n) is 3.33. The van der Waals surface area contributed by atoms with Gasteiger partial charge in [-0.05, 0) is 19.3 Å². The molecule has 0 bridgehead atoms. The maximum Gasteiger partial charge on any atom is 0.0822 e. The molecule has 2 heteroatoms. The quantitative estimate of drug-likeness (QED) is 0.374. The van der Waals surface area contributed by atoms with Crippen molar-refractivity contribution in [3.8, 4) is 0 Å². The molecule has 0 heterocycles. The minimum Gasteiger partial charge on any atom is -0.381 e. The van der Waals surface area contributed by atoms with Crippen LogP contribution in [-0.2, 0) is 9.84 Å². The van der Waals surface area contributed by atoms with Gasteiger partial charge in [0.2, 0.25) is 0 Å². The van der Waals surface area contributed by atoms with E-state index in [1.165, 1.54) is 64.2 Å². The molecule has 0 aliphatic heterocycles. The molecule has 0 fully saturated rings. The Hall–Kier alpha value is -0.0800. The van der Waals surface area contributed by atoms with Crippen LogP contribution in [0.15, 0.2) is 0 Å². The number of hydrogen-bond donors (Lipinski definition) is 0. The van der Waals surface area contributed by atoms with Crippen LogP contribution in [0.4, 0.5) is 0 Å². The van der Waals surface area contributed by atoms with Crippen molar-refractivity contribution in [2.75, 3.05) is 19.8 Å². The standard InChI is InChI=1S/C16H33O2/c1-2-3-4-12-15-18-16-13-10-8-6-5-7-9-11-14-17/h2-16H2,1H3. The van der Waals surface area contributed by atoms with Crippen LogP contribution in [0.3, 0.4) is 0 Å². The van der Waals surface area contributed by atoms with Gasteiger partial charge in [-0.25, -0.2) is 5.11 Å². The molecule has 0 atom stereocenters. The molecule has 1 radical (unpaired) electrons. The van der Waals surface area contributed by atoms with E-state index in [0.29, 0.717) is 0 Å². The van der Waals surface area contributed by atoms with Crippen molar-refractivity contribution >= 4 is 0 Å². The minimum atomic E-state index is 0.107. The molecule has 0 unspecified atom stereocenters. The molecule has 0 aromatic carbocycles. The predicted octanol–water partition coefficient (Wildman–Crippen LogP) is 5.13. The van der Waals surface area contributed by atoms with Crippen LogP contribution >= 0.6 is 0 Å². The molecule has 109 valence electrons. The van der Waals surface area contributed by atoms with Gasteiger partial charge in [-0.2, -0.15) is 0 Å². The fourth-order valence-corrected chi connectivity index (χ4v) is 2.10. The second kappa shape index (κ2) is 16.9. The molecule has 0 aromatic rings. The van der Waals surface area contributed by atoms with Crippen LogP contribution in [0.2, 0.25) is 0 Å². The van der Waals surface area contributed by atoms with Crippen LogP contribution in [0.1, 0.15) is 84.0 Å². The molecule has 0 rings (SSSR count). The zero-order chi connectivity index (χ0) is 13.3. The summed E-state index contributed by atoms with van der Waals surface area (Å²) in [4.78, 5) is 0. The van der Waals surface area contributed by atoms with E-state index in [9.17, 15) is 5.11 Å². The monoisotopic (exact) mass is 257 g/mol. The van der Waals surface area contributed by atoms with Crippen molar-refractivity contribution in [2.45, 2.75) is 84.0 Å². The Balaban J connectivity index is 2.86. The fraction of sp³-hybridized carbons (Fsp3) is 1.00. The van der Waals surface area contributed by atoms with Gasteiger partial charge in [0.25, 0.3) is 0 Å². The van der Waals surface area contributed by atoms with Gasteiger partial charge in [-0.1, -0.05) is 64.7 Å². The van der Waals surface area contributed by atoms with Gasteiger partial charge >= 0.3 is 0 Å². The lowest BCUT2D eigenvalue weighted by Crippen LogP contribution is -1.97. The average Bonchev–Trinajstić information content (AvgIpc) is 2.39. The van der Waals surface area contributed by atoms with Gasteiger partial charge in [-0.15, -0.1) is 0 Å². The summed E-state index contributed by atoms with van der Waals surface area (Å²) in [6.45, 7) is 4.24. The molecule has 0 saturated heterocycles. The highest BCUT2D eigenvalue weighted by atomic mass is 16.5. The first-order chi connectivity index (χ1) is 8.91. The zero-order valence-electron chi connectivity index (χ0n) is 12.4. The molecule has 0 N–H and O–H groups in total. The Labute approximate surface area is 114 Å². The Morgan fingerprint density at radius 3 is 1.56 bits per heavy atom. The van der Waals surface area contributed by atoms with Gasteiger partial charge in [0, 0.05) is 13.2 Å². The topological polar surface area (TPSA) is 29.1 Å². The first-order valence-corrected chi connectivity index (χ1v) is 8.07. The summed E-state index contributed by atoms with van der Waals surface area (Å²) in [5.41, 5.74) is 0. The number of rotatable bonds is 15. The summed E-state index contributed by atoms with van der Waals surface area (Å²) >= 11 is 0. The van der Waals surface area contributed by atoms with Crippen molar-refractivity contribution in [1.29, 1.82) is 0 Å². The Bertz CT molecular complexity index is 121. The van der Waals surface area contributed by atoms with E-state index in [0.717, 1.165) is 26.1 Å². The van der Waals surface area contributed by atoms with E-state index in [2.05, 4.69) is 6.92 Å². The maximum atomic E-state index is 10.2. The summed E-state index contributed by atoms with van der Waals surface area (Å²) in [7, 11) is 0. The molecule has 18 heavy (non-hydrogen) atoms. The van der Waals surface area contributed by atoms with Crippen LogP contribution < -0.4 is 0 Å². The maximum absolute atomic E-state index is 10.2. The lowest BCUT2D eigenvalue weighted by molar-refractivity contribution is 0.125. The Morgan fingerprint density at radius 2 is 1.06 bits per heavy atom. The zero-order valence-corrected chi connectivity index (χ0v) is 12.4. The number of unbranched alkanes of at least 4 members (excludes halogenated alkanes) is 10. The first kappa shape index (κ1) is 17.9. The fourth-order valence-electron chi connectivity index (χ4n) is 2.10. The molecular weight excluding hydrogens is 224 g/mol. The molecule has 0 saturated carbocycles. The van der Waals surface area contributed by atoms with Gasteiger partial charge < -0.3 is 4.74 Å². The molecule has 0 aromatic heterocycles. The minimum absolute atomic E-state index is 0.107. The second-order valence-electron chi connectivity index (χ2n) is 5.21. The summed E-state index contributed by atoms with van der Waals surface area (Å²) in [5.74, 6) is 0. The smallest absolute Gasteiger partial charge is 0.0822 e. The van der Waals surface area contributed by atoms with E-state index >= 15 is 0 Å². The van der Waals surface area contributed by atoms with Gasteiger partial charge in [-0.3, -0.25) is 0 Å². The number of hydrogen-bond acceptors (Lipinski definition) is 1. The summed E-state index contributed by atoms with van der Waals surface area (Å²) in [6.07, 6.45) is 14.9. The van der Waals surface area contributed by atoms with Gasteiger partial charge in [0.15, 0.2) is 0 Å². The molecular formula is C16H33O2. The third-order valence-corrected chi connectivity index (χ3v) is 3.33. The van der Waals surface area contributed by atoms with Crippen LogP contribution in [-0.4, -0.2) is 19.8 Å². The molecule has 2 nitrogen and oxygen atoms in total. The normalized spacial score (nSPS) is 11.0. The molecule has 0 spiro atoms. The lowest BCUT2D eigenvalue weighted by Gasteiger charge is -2.04. The summed E-state index contributed by atoms with van der Waals surface area (Å²) < 4.78 is 5.61. The molecule has 0 aliphatic carbocycles. The second-order valence-corrected chi connectivity index (χ2v) is 5.21. The molecule has 0 amide bonds. The van der Waals surface area contributed by atoms with Crippen LogP contribution in [0, 0.1) is 0 Å². The Morgan fingerprint density at radius 1 is 0.611 bits per heavy atom. The molecule has 0 aliphatic rings. The highest BCUT2D eigenvalue weighted by molar-refractivity contribution is 4.47. The van der Waals surface area contributed by atoms with Gasteiger partial charge in [0.1, 0.15) is 0 Å².